The molecule has 0 radical (unpaired) electrons. The summed E-state index contributed by atoms with van der Waals surface area (Å²) >= 11 is 0. The molecule has 1 aromatic carbocycles. The molecule has 0 amide bonds. The van der Waals surface area contributed by atoms with E-state index in [-0.39, 0.29) is 0 Å². The van der Waals surface area contributed by atoms with Crippen LogP contribution in [0.3, 0.4) is 0 Å². The second-order valence-corrected chi connectivity index (χ2v) is 7.48. The zero-order valence-corrected chi connectivity index (χ0v) is 14.5. The van der Waals surface area contributed by atoms with Crippen molar-refractivity contribution in [1.29, 1.82) is 5.26 Å². The van der Waals surface area contributed by atoms with Crippen LogP contribution in [0, 0.1) is 11.3 Å². The zero-order chi connectivity index (χ0) is 16.6. The first kappa shape index (κ1) is 15.3. The van der Waals surface area contributed by atoms with Crippen LogP contribution >= 0.6 is 8.20 Å². The van der Waals surface area contributed by atoms with Crippen LogP contribution in [0.1, 0.15) is 11.1 Å². The van der Waals surface area contributed by atoms with Gasteiger partial charge in [-0.15, -0.1) is 8.20 Å². The second kappa shape index (κ2) is 5.98. The third-order valence-electron chi connectivity index (χ3n) is 5.26. The monoisotopic (exact) mass is 333 g/mol. The Hall–Kier alpha value is -2.27. The van der Waals surface area contributed by atoms with Crippen molar-refractivity contribution in [2.24, 2.45) is 0 Å². The molecule has 3 nitrogen and oxygen atoms in total. The fourth-order valence-electron chi connectivity index (χ4n) is 3.73. The molecule has 3 heterocycles. The summed E-state index contributed by atoms with van der Waals surface area (Å²) in [5, 5.41) is 8.89. The molecule has 1 fully saturated rings. The summed E-state index contributed by atoms with van der Waals surface area (Å²) in [5.41, 5.74) is 4.63. The molecule has 2 unspecified atom stereocenters. The Bertz CT molecular complexity index is 846. The number of rotatable bonds is 5. The van der Waals surface area contributed by atoms with Crippen LogP contribution in [0.4, 0.5) is 0 Å². The lowest BCUT2D eigenvalue weighted by Gasteiger charge is -2.13. The quantitative estimate of drug-likeness (QED) is 0.358. The lowest BCUT2D eigenvalue weighted by Crippen LogP contribution is -2.29. The lowest BCUT2D eigenvalue weighted by molar-refractivity contribution is -0.795. The van der Waals surface area contributed by atoms with Gasteiger partial charge in [0, 0.05) is 36.0 Å². The summed E-state index contributed by atoms with van der Waals surface area (Å²) in [7, 11) is 1.26. The SMILES string of the molecule is C=PCC[N+]12CC=C(c3cc[n+](-c4ccc(C#N)cc4)cc3)C1C2. The van der Waals surface area contributed by atoms with E-state index in [1.165, 1.54) is 49.6 Å². The number of nitrogens with zero attached hydrogens (tertiary/aromatic N) is 3. The Morgan fingerprint density at radius 2 is 1.96 bits per heavy atom. The van der Waals surface area contributed by atoms with Crippen LogP contribution in [0.2, 0.25) is 0 Å². The third kappa shape index (κ3) is 2.59. The number of fused-ring (bicyclic) bond motifs is 1. The van der Waals surface area contributed by atoms with Gasteiger partial charge in [-0.25, -0.2) is 0 Å². The highest BCUT2D eigenvalue weighted by atomic mass is 31.1. The van der Waals surface area contributed by atoms with Crippen LogP contribution in [0.15, 0.2) is 54.9 Å². The molecular formula is C20H20N3P+2. The van der Waals surface area contributed by atoms with Crippen molar-refractivity contribution in [2.45, 2.75) is 6.04 Å². The molecule has 2 aromatic rings. The van der Waals surface area contributed by atoms with Gasteiger partial charge < -0.3 is 4.48 Å². The number of benzene rings is 1. The van der Waals surface area contributed by atoms with E-state index in [1.54, 1.807) is 0 Å². The summed E-state index contributed by atoms with van der Waals surface area (Å²) < 4.78 is 3.35. The topological polar surface area (TPSA) is 27.7 Å². The first-order valence-electron chi connectivity index (χ1n) is 8.26. The minimum atomic E-state index is 0.691. The zero-order valence-electron chi connectivity index (χ0n) is 13.6. The maximum atomic E-state index is 8.89. The number of pyridine rings is 1. The lowest BCUT2D eigenvalue weighted by atomic mass is 10.1. The van der Waals surface area contributed by atoms with E-state index in [1.807, 2.05) is 24.3 Å². The molecule has 1 saturated heterocycles. The molecule has 0 bridgehead atoms. The number of nitriles is 1. The summed E-state index contributed by atoms with van der Waals surface area (Å²) in [6.07, 6.45) is 11.8. The van der Waals surface area contributed by atoms with Gasteiger partial charge in [0.25, 0.3) is 0 Å². The highest BCUT2D eigenvalue weighted by Gasteiger charge is 2.59. The van der Waals surface area contributed by atoms with E-state index in [9.17, 15) is 0 Å². The predicted molar refractivity (Wildman–Crippen MR) is 98.2 cm³/mol. The minimum Gasteiger partial charge on any atom is -0.304 e. The first-order valence-corrected chi connectivity index (χ1v) is 9.53. The van der Waals surface area contributed by atoms with Crippen molar-refractivity contribution < 1.29 is 9.05 Å². The van der Waals surface area contributed by atoms with E-state index < -0.39 is 0 Å². The summed E-state index contributed by atoms with van der Waals surface area (Å²) in [6.45, 7) is 3.74. The van der Waals surface area contributed by atoms with Gasteiger partial charge in [0.2, 0.25) is 5.69 Å². The predicted octanol–water partition coefficient (Wildman–Crippen LogP) is 2.81. The Balaban J connectivity index is 1.51. The molecular weight excluding hydrogens is 313 g/mol. The van der Waals surface area contributed by atoms with Gasteiger partial charge in [-0.1, -0.05) is 6.30 Å². The molecule has 4 heteroatoms. The number of aromatic nitrogens is 1. The molecule has 0 saturated carbocycles. The standard InChI is InChI=1S/C20H20N3P/c1-24-13-12-23-11-8-19(20(23)15-23)17-6-9-22(10-7-17)18-4-2-16(14-21)3-5-18/h2-10,20H,1,11-13,15H2/q+2. The van der Waals surface area contributed by atoms with Gasteiger partial charge in [-0.2, -0.15) is 9.83 Å². The number of hydrogen-bond acceptors (Lipinski definition) is 1. The Morgan fingerprint density at radius 3 is 2.58 bits per heavy atom. The maximum absolute atomic E-state index is 8.89. The van der Waals surface area contributed by atoms with E-state index in [2.05, 4.69) is 47.5 Å². The number of quaternary nitrogens is 1. The highest BCUT2D eigenvalue weighted by Crippen LogP contribution is 2.45. The summed E-state index contributed by atoms with van der Waals surface area (Å²) in [6, 6.07) is 15.0. The van der Waals surface area contributed by atoms with Crippen molar-refractivity contribution in [3.05, 3.63) is 66.0 Å². The van der Waals surface area contributed by atoms with Crippen molar-refractivity contribution in [3.8, 4) is 11.8 Å². The van der Waals surface area contributed by atoms with Crippen molar-refractivity contribution >= 4 is 20.1 Å². The molecule has 1 aromatic heterocycles. The van der Waals surface area contributed by atoms with E-state index in [0.717, 1.165) is 5.69 Å². The fraction of sp³-hybridized carbons (Fsp3) is 0.250. The summed E-state index contributed by atoms with van der Waals surface area (Å²) in [5.74, 6) is 0. The average molecular weight is 333 g/mol. The van der Waals surface area contributed by atoms with Crippen LogP contribution in [-0.2, 0) is 0 Å². The first-order chi connectivity index (χ1) is 11.8. The van der Waals surface area contributed by atoms with Gasteiger partial charge in [0.15, 0.2) is 18.4 Å². The van der Waals surface area contributed by atoms with Crippen LogP contribution in [0.5, 0.6) is 0 Å². The van der Waals surface area contributed by atoms with Gasteiger partial charge in [-0.05, 0) is 23.8 Å². The van der Waals surface area contributed by atoms with Gasteiger partial charge in [-0.3, -0.25) is 0 Å². The smallest absolute Gasteiger partial charge is 0.210 e. The summed E-state index contributed by atoms with van der Waals surface area (Å²) in [4.78, 5) is 0. The molecule has 2 atom stereocenters. The van der Waals surface area contributed by atoms with Gasteiger partial charge in [0.1, 0.15) is 6.54 Å². The molecule has 2 aliphatic heterocycles. The van der Waals surface area contributed by atoms with E-state index in [0.29, 0.717) is 11.6 Å². The van der Waals surface area contributed by atoms with E-state index >= 15 is 0 Å². The Kier molecular flexibility index (Phi) is 3.81. The van der Waals surface area contributed by atoms with Crippen molar-refractivity contribution in [1.82, 2.24) is 0 Å². The average Bonchev–Trinajstić information content (AvgIpc) is 3.25. The normalized spacial score (nSPS) is 24.3. The van der Waals surface area contributed by atoms with Gasteiger partial charge >= 0.3 is 0 Å². The molecule has 0 N–H and O–H groups in total. The van der Waals surface area contributed by atoms with Crippen molar-refractivity contribution in [2.75, 3.05) is 25.8 Å². The Morgan fingerprint density at radius 1 is 1.21 bits per heavy atom. The number of hydrogen-bond donors (Lipinski definition) is 0. The molecule has 24 heavy (non-hydrogen) atoms. The molecule has 0 aliphatic carbocycles. The molecule has 118 valence electrons. The third-order valence-corrected chi connectivity index (χ3v) is 5.77. The van der Waals surface area contributed by atoms with E-state index in [4.69, 9.17) is 5.26 Å². The fourth-order valence-corrected chi connectivity index (χ4v) is 4.27. The second-order valence-electron chi connectivity index (χ2n) is 6.58. The highest BCUT2D eigenvalue weighted by molar-refractivity contribution is 7.36. The largest absolute Gasteiger partial charge is 0.304 e. The van der Waals surface area contributed by atoms with Crippen molar-refractivity contribution in [3.63, 3.8) is 0 Å². The maximum Gasteiger partial charge on any atom is 0.210 e. The molecule has 4 rings (SSSR count). The minimum absolute atomic E-state index is 0.691. The van der Waals surface area contributed by atoms with Crippen LogP contribution in [0.25, 0.3) is 11.3 Å². The molecule has 2 aliphatic rings. The van der Waals surface area contributed by atoms with Crippen LogP contribution in [-0.4, -0.2) is 42.6 Å². The Labute approximate surface area is 144 Å². The van der Waals surface area contributed by atoms with Crippen LogP contribution < -0.4 is 4.57 Å². The van der Waals surface area contributed by atoms with Gasteiger partial charge in [0.05, 0.1) is 24.7 Å². The molecule has 0 spiro atoms.